The predicted molar refractivity (Wildman–Crippen MR) is 84.9 cm³/mol. The number of carbonyl (C=O) groups is 2. The summed E-state index contributed by atoms with van der Waals surface area (Å²) < 4.78 is 0. The van der Waals surface area contributed by atoms with Gasteiger partial charge < -0.3 is 15.3 Å². The summed E-state index contributed by atoms with van der Waals surface area (Å²) in [5, 5.41) is 27.5. The van der Waals surface area contributed by atoms with E-state index in [4.69, 9.17) is 10.2 Å². The molecular weight excluding hydrogens is 302 g/mol. The van der Waals surface area contributed by atoms with Crippen molar-refractivity contribution < 1.29 is 24.9 Å². The van der Waals surface area contributed by atoms with Crippen molar-refractivity contribution >= 4 is 11.9 Å². The number of hydrogen-bond donors (Lipinski definition) is 4. The number of nitrogens with one attached hydrogen (secondary N) is 1. The number of hydrazine groups is 1. The maximum Gasteiger partial charge on any atom is 0.328 e. The third-order valence-electron chi connectivity index (χ3n) is 3.72. The number of likely N-dealkylation sites (tertiary alicyclic amines) is 1. The van der Waals surface area contributed by atoms with Crippen molar-refractivity contribution in [2.45, 2.75) is 31.8 Å². The van der Waals surface area contributed by atoms with Gasteiger partial charge in [-0.3, -0.25) is 10.3 Å². The van der Waals surface area contributed by atoms with Gasteiger partial charge in [-0.15, -0.1) is 0 Å². The van der Waals surface area contributed by atoms with E-state index < -0.39 is 11.9 Å². The SMILES string of the molecule is O=C(O)/C=C\C(=O)O.OC1CCCN(CCNN2CCCC2)C1. The van der Waals surface area contributed by atoms with Crippen LogP contribution >= 0.6 is 0 Å². The van der Waals surface area contributed by atoms with Gasteiger partial charge in [0.05, 0.1) is 6.10 Å². The monoisotopic (exact) mass is 329 g/mol. The van der Waals surface area contributed by atoms with Crippen LogP contribution in [0.4, 0.5) is 0 Å². The number of rotatable bonds is 6. The van der Waals surface area contributed by atoms with Crippen LogP contribution in [0.25, 0.3) is 0 Å². The van der Waals surface area contributed by atoms with Crippen LogP contribution in [0.15, 0.2) is 12.2 Å². The lowest BCUT2D eigenvalue weighted by molar-refractivity contribution is -0.134. The van der Waals surface area contributed by atoms with E-state index in [0.29, 0.717) is 12.2 Å². The van der Waals surface area contributed by atoms with Gasteiger partial charge in [0.2, 0.25) is 0 Å². The van der Waals surface area contributed by atoms with E-state index in [1.54, 1.807) is 0 Å². The zero-order valence-corrected chi connectivity index (χ0v) is 13.4. The molecule has 132 valence electrons. The highest BCUT2D eigenvalue weighted by atomic mass is 16.4. The Hall–Kier alpha value is -1.48. The molecule has 2 aliphatic rings. The first kappa shape index (κ1) is 19.6. The number of aliphatic hydroxyl groups is 1. The van der Waals surface area contributed by atoms with Crippen molar-refractivity contribution in [1.82, 2.24) is 15.3 Å². The summed E-state index contributed by atoms with van der Waals surface area (Å²) in [6, 6.07) is 0. The van der Waals surface area contributed by atoms with E-state index in [1.165, 1.54) is 25.9 Å². The van der Waals surface area contributed by atoms with Crippen LogP contribution < -0.4 is 5.43 Å². The lowest BCUT2D eigenvalue weighted by atomic mass is 10.1. The summed E-state index contributed by atoms with van der Waals surface area (Å²) in [5.74, 6) is -2.51. The van der Waals surface area contributed by atoms with E-state index in [-0.39, 0.29) is 6.10 Å². The van der Waals surface area contributed by atoms with Crippen LogP contribution in [0.5, 0.6) is 0 Å². The molecule has 0 amide bonds. The van der Waals surface area contributed by atoms with Gasteiger partial charge in [-0.25, -0.2) is 14.6 Å². The molecule has 8 nitrogen and oxygen atoms in total. The molecule has 2 fully saturated rings. The van der Waals surface area contributed by atoms with Crippen LogP contribution in [0, 0.1) is 0 Å². The third kappa shape index (κ3) is 10.0. The summed E-state index contributed by atoms with van der Waals surface area (Å²) in [7, 11) is 0. The first-order valence-corrected chi connectivity index (χ1v) is 8.00. The van der Waals surface area contributed by atoms with Crippen molar-refractivity contribution in [1.29, 1.82) is 0 Å². The second kappa shape index (κ2) is 11.1. The van der Waals surface area contributed by atoms with Crippen LogP contribution in [0.3, 0.4) is 0 Å². The number of β-amino-alcohol motifs (C(OH)–C–C–N with tert-alkyl or cyclic N) is 1. The molecule has 0 saturated carbocycles. The van der Waals surface area contributed by atoms with Crippen molar-refractivity contribution in [2.24, 2.45) is 0 Å². The van der Waals surface area contributed by atoms with Gasteiger partial charge in [0.1, 0.15) is 0 Å². The largest absolute Gasteiger partial charge is 0.478 e. The van der Waals surface area contributed by atoms with Gasteiger partial charge in [-0.05, 0) is 32.2 Å². The summed E-state index contributed by atoms with van der Waals surface area (Å²) in [5.41, 5.74) is 3.45. The molecule has 8 heteroatoms. The molecule has 0 spiro atoms. The minimum Gasteiger partial charge on any atom is -0.478 e. The molecule has 0 aromatic carbocycles. The minimum atomic E-state index is -1.26. The van der Waals surface area contributed by atoms with E-state index >= 15 is 0 Å². The van der Waals surface area contributed by atoms with E-state index in [9.17, 15) is 14.7 Å². The molecule has 4 N–H and O–H groups in total. The Kier molecular flexibility index (Phi) is 9.46. The van der Waals surface area contributed by atoms with Gasteiger partial charge >= 0.3 is 11.9 Å². The Morgan fingerprint density at radius 3 is 2.17 bits per heavy atom. The summed E-state index contributed by atoms with van der Waals surface area (Å²) in [6.45, 7) is 6.49. The molecule has 1 unspecified atom stereocenters. The third-order valence-corrected chi connectivity index (χ3v) is 3.72. The molecule has 2 rings (SSSR count). The van der Waals surface area contributed by atoms with E-state index in [2.05, 4.69) is 15.3 Å². The fourth-order valence-electron chi connectivity index (χ4n) is 2.62. The quantitative estimate of drug-likeness (QED) is 0.494. The fraction of sp³-hybridized carbons (Fsp3) is 0.733. The standard InChI is InChI=1S/C11H23N3O.C4H4O4/c15-11-4-3-6-13(10-11)9-5-12-14-7-1-2-8-14;5-3(6)1-2-4(7)8/h11-12,15H,1-10H2;1-2H,(H,5,6)(H,7,8)/b;2-1-. The number of carboxylic acid groups (broad SMARTS) is 2. The highest BCUT2D eigenvalue weighted by Gasteiger charge is 2.17. The average molecular weight is 329 g/mol. The summed E-state index contributed by atoms with van der Waals surface area (Å²) in [4.78, 5) is 21.5. The molecule has 1 atom stereocenters. The van der Waals surface area contributed by atoms with E-state index in [1.807, 2.05) is 0 Å². The minimum absolute atomic E-state index is 0.0921. The zero-order chi connectivity index (χ0) is 17.1. The maximum absolute atomic E-state index is 9.55. The summed E-state index contributed by atoms with van der Waals surface area (Å²) in [6.07, 6.45) is 5.81. The molecule has 23 heavy (non-hydrogen) atoms. The van der Waals surface area contributed by atoms with E-state index in [0.717, 1.165) is 39.0 Å². The Balaban J connectivity index is 0.000000284. The van der Waals surface area contributed by atoms with Crippen LogP contribution in [-0.2, 0) is 9.59 Å². The van der Waals surface area contributed by atoms with Crippen molar-refractivity contribution in [2.75, 3.05) is 39.3 Å². The van der Waals surface area contributed by atoms with Gasteiger partial charge in [-0.2, -0.15) is 0 Å². The smallest absolute Gasteiger partial charge is 0.328 e. The number of carboxylic acids is 2. The van der Waals surface area contributed by atoms with Gasteiger partial charge in [0.15, 0.2) is 0 Å². The Bertz CT molecular complexity index is 381. The number of aliphatic hydroxyl groups excluding tert-OH is 1. The van der Waals surface area contributed by atoms with Crippen LogP contribution in [0.1, 0.15) is 25.7 Å². The first-order chi connectivity index (χ1) is 11.0. The molecular formula is C15H27N3O5. The molecule has 0 aromatic rings. The normalized spacial score (nSPS) is 22.7. The number of aliphatic carboxylic acids is 2. The molecule has 0 aromatic heterocycles. The van der Waals surface area contributed by atoms with Gasteiger partial charge in [0.25, 0.3) is 0 Å². The second-order valence-electron chi connectivity index (χ2n) is 5.71. The van der Waals surface area contributed by atoms with Crippen LogP contribution in [-0.4, -0.2) is 82.5 Å². The molecule has 2 aliphatic heterocycles. The molecule has 0 bridgehead atoms. The van der Waals surface area contributed by atoms with Gasteiger partial charge in [0, 0.05) is 44.9 Å². The van der Waals surface area contributed by atoms with Crippen molar-refractivity contribution in [3.05, 3.63) is 12.2 Å². The van der Waals surface area contributed by atoms with Gasteiger partial charge in [-0.1, -0.05) is 0 Å². The lowest BCUT2D eigenvalue weighted by Crippen LogP contribution is -2.44. The maximum atomic E-state index is 9.55. The average Bonchev–Trinajstić information content (AvgIpc) is 2.99. The lowest BCUT2D eigenvalue weighted by Gasteiger charge is -2.30. The molecule has 0 radical (unpaired) electrons. The first-order valence-electron chi connectivity index (χ1n) is 8.00. The highest BCUT2D eigenvalue weighted by molar-refractivity contribution is 5.89. The topological polar surface area (TPSA) is 113 Å². The zero-order valence-electron chi connectivity index (χ0n) is 13.4. The Morgan fingerprint density at radius 1 is 1.04 bits per heavy atom. The van der Waals surface area contributed by atoms with Crippen molar-refractivity contribution in [3.63, 3.8) is 0 Å². The number of piperidine rings is 1. The number of nitrogens with zero attached hydrogens (tertiary/aromatic N) is 2. The Morgan fingerprint density at radius 2 is 1.65 bits per heavy atom. The number of hydrogen-bond acceptors (Lipinski definition) is 6. The summed E-state index contributed by atoms with van der Waals surface area (Å²) >= 11 is 0. The highest BCUT2D eigenvalue weighted by Crippen LogP contribution is 2.09. The fourth-order valence-corrected chi connectivity index (χ4v) is 2.62. The predicted octanol–water partition coefficient (Wildman–Crippen LogP) is -0.245. The van der Waals surface area contributed by atoms with Crippen LogP contribution in [0.2, 0.25) is 0 Å². The molecule has 2 saturated heterocycles. The Labute approximate surface area is 136 Å². The molecule has 2 heterocycles. The second-order valence-corrected chi connectivity index (χ2v) is 5.71. The van der Waals surface area contributed by atoms with Crippen molar-refractivity contribution in [3.8, 4) is 0 Å². The molecule has 0 aliphatic carbocycles.